The van der Waals surface area contributed by atoms with Gasteiger partial charge in [0.2, 0.25) is 0 Å². The van der Waals surface area contributed by atoms with E-state index in [2.05, 4.69) is 0 Å². The number of carbonyl (C=O) groups is 2. The zero-order valence-corrected chi connectivity index (χ0v) is 10.9. The number of amides is 1. The van der Waals surface area contributed by atoms with Crippen LogP contribution in [0.1, 0.15) is 18.5 Å². The van der Waals surface area contributed by atoms with Gasteiger partial charge in [0.05, 0.1) is 16.5 Å². The van der Waals surface area contributed by atoms with Gasteiger partial charge in [-0.3, -0.25) is 19.7 Å². The highest BCUT2D eigenvalue weighted by Gasteiger charge is 2.40. The number of rotatable bonds is 3. The van der Waals surface area contributed by atoms with Gasteiger partial charge >= 0.3 is 0 Å². The molecule has 0 spiro atoms. The standard InChI is InChI=1S/C13H12N2O5/c1-7(16)10-11(14(2)13(18)12(10)17)8-4-3-5-9(6-8)15(19)20/h3-6,11,17H,1-2H3/t11-/m1/s1. The third kappa shape index (κ3) is 2.03. The van der Waals surface area contributed by atoms with E-state index >= 15 is 0 Å². The lowest BCUT2D eigenvalue weighted by Crippen LogP contribution is -2.26. The van der Waals surface area contributed by atoms with Crippen molar-refractivity contribution in [2.24, 2.45) is 0 Å². The number of hydrogen-bond donors (Lipinski definition) is 1. The maximum atomic E-state index is 11.8. The summed E-state index contributed by atoms with van der Waals surface area (Å²) >= 11 is 0. The van der Waals surface area contributed by atoms with Crippen LogP contribution < -0.4 is 0 Å². The third-order valence-electron chi connectivity index (χ3n) is 3.21. The van der Waals surface area contributed by atoms with Crippen LogP contribution in [0.15, 0.2) is 35.6 Å². The Kier molecular flexibility index (Phi) is 3.27. The quantitative estimate of drug-likeness (QED) is 0.666. The van der Waals surface area contributed by atoms with Crippen LogP contribution in [0.3, 0.4) is 0 Å². The number of nitro benzene ring substituents is 1. The number of aliphatic hydroxyl groups excluding tert-OH is 1. The van der Waals surface area contributed by atoms with E-state index in [0.717, 1.165) is 0 Å². The van der Waals surface area contributed by atoms with E-state index in [4.69, 9.17) is 0 Å². The van der Waals surface area contributed by atoms with Crippen LogP contribution in [0.25, 0.3) is 0 Å². The van der Waals surface area contributed by atoms with E-state index in [9.17, 15) is 24.8 Å². The molecule has 1 aromatic carbocycles. The van der Waals surface area contributed by atoms with Gasteiger partial charge in [0, 0.05) is 19.2 Å². The smallest absolute Gasteiger partial charge is 0.289 e. The van der Waals surface area contributed by atoms with E-state index in [1.165, 1.54) is 37.1 Å². The Bertz CT molecular complexity index is 650. The Morgan fingerprint density at radius 2 is 2.10 bits per heavy atom. The van der Waals surface area contributed by atoms with Gasteiger partial charge in [0.15, 0.2) is 11.5 Å². The third-order valence-corrected chi connectivity index (χ3v) is 3.21. The minimum Gasteiger partial charge on any atom is -0.503 e. The summed E-state index contributed by atoms with van der Waals surface area (Å²) in [5, 5.41) is 20.5. The fraction of sp³-hybridized carbons (Fsp3) is 0.231. The molecule has 0 aliphatic carbocycles. The van der Waals surface area contributed by atoms with Gasteiger partial charge in [-0.2, -0.15) is 0 Å². The van der Waals surface area contributed by atoms with E-state index in [1.807, 2.05) is 0 Å². The monoisotopic (exact) mass is 276 g/mol. The number of ketones is 1. The topological polar surface area (TPSA) is 101 Å². The van der Waals surface area contributed by atoms with Crippen LogP contribution in [-0.2, 0) is 9.59 Å². The van der Waals surface area contributed by atoms with Gasteiger partial charge in [-0.15, -0.1) is 0 Å². The molecule has 1 aliphatic rings. The van der Waals surface area contributed by atoms with Crippen LogP contribution in [0, 0.1) is 10.1 Å². The summed E-state index contributed by atoms with van der Waals surface area (Å²) in [7, 11) is 1.43. The second-order valence-electron chi connectivity index (χ2n) is 4.49. The Morgan fingerprint density at radius 1 is 1.45 bits per heavy atom. The average Bonchev–Trinajstić information content (AvgIpc) is 2.63. The summed E-state index contributed by atoms with van der Waals surface area (Å²) in [5.74, 6) is -1.72. The van der Waals surface area contributed by atoms with E-state index in [-0.39, 0.29) is 11.3 Å². The maximum Gasteiger partial charge on any atom is 0.289 e. The minimum absolute atomic E-state index is 0.0435. The zero-order valence-electron chi connectivity index (χ0n) is 10.9. The van der Waals surface area contributed by atoms with Crippen molar-refractivity contribution in [1.29, 1.82) is 0 Å². The molecule has 0 radical (unpaired) electrons. The van der Waals surface area contributed by atoms with E-state index < -0.39 is 28.4 Å². The number of Topliss-reactive ketones (excluding diaryl/α,β-unsaturated/α-hetero) is 1. The van der Waals surface area contributed by atoms with Crippen LogP contribution in [0.2, 0.25) is 0 Å². The number of nitrogens with zero attached hydrogens (tertiary/aromatic N) is 2. The van der Waals surface area contributed by atoms with Crippen molar-refractivity contribution in [2.45, 2.75) is 13.0 Å². The first-order valence-electron chi connectivity index (χ1n) is 5.80. The molecule has 0 aromatic heterocycles. The largest absolute Gasteiger partial charge is 0.503 e. The summed E-state index contributed by atoms with van der Waals surface area (Å²) in [5.41, 5.74) is 0.222. The lowest BCUT2D eigenvalue weighted by atomic mass is 9.97. The van der Waals surface area contributed by atoms with Gasteiger partial charge in [0.1, 0.15) is 0 Å². The minimum atomic E-state index is -0.806. The van der Waals surface area contributed by atoms with Crippen molar-refractivity contribution in [3.05, 3.63) is 51.3 Å². The molecule has 1 aliphatic heterocycles. The molecule has 20 heavy (non-hydrogen) atoms. The normalized spacial score (nSPS) is 18.6. The Morgan fingerprint density at radius 3 is 2.65 bits per heavy atom. The first-order chi connectivity index (χ1) is 9.34. The molecule has 0 saturated heterocycles. The SMILES string of the molecule is CC(=O)C1=C(O)C(=O)N(C)[C@@H]1c1cccc([N+](=O)[O-])c1. The van der Waals surface area contributed by atoms with Gasteiger partial charge in [-0.1, -0.05) is 12.1 Å². The molecule has 1 N–H and O–H groups in total. The van der Waals surface area contributed by atoms with Crippen LogP contribution in [-0.4, -0.2) is 33.7 Å². The number of nitro groups is 1. The molecule has 0 unspecified atom stereocenters. The molecule has 1 heterocycles. The fourth-order valence-electron chi connectivity index (χ4n) is 2.28. The highest BCUT2D eigenvalue weighted by Crippen LogP contribution is 2.37. The summed E-state index contributed by atoms with van der Waals surface area (Å²) in [4.78, 5) is 34.8. The number of likely N-dealkylation sites (N-methyl/N-ethyl adjacent to an activating group) is 1. The van der Waals surface area contributed by atoms with Crippen LogP contribution >= 0.6 is 0 Å². The predicted octanol–water partition coefficient (Wildman–Crippen LogP) is 1.51. The lowest BCUT2D eigenvalue weighted by Gasteiger charge is -2.21. The Hall–Kier alpha value is -2.70. The van der Waals surface area contributed by atoms with Crippen molar-refractivity contribution in [3.8, 4) is 0 Å². The molecule has 1 atom stereocenters. The summed E-state index contributed by atoms with van der Waals surface area (Å²) in [6.07, 6.45) is 0. The van der Waals surface area contributed by atoms with Crippen LogP contribution in [0.5, 0.6) is 0 Å². The lowest BCUT2D eigenvalue weighted by molar-refractivity contribution is -0.384. The second kappa shape index (κ2) is 4.76. The molecular weight excluding hydrogens is 264 g/mol. The molecule has 7 nitrogen and oxygen atoms in total. The van der Waals surface area contributed by atoms with Crippen molar-refractivity contribution in [2.75, 3.05) is 7.05 Å². The maximum absolute atomic E-state index is 11.8. The molecule has 0 saturated carbocycles. The number of benzene rings is 1. The van der Waals surface area contributed by atoms with Crippen molar-refractivity contribution in [3.63, 3.8) is 0 Å². The fourth-order valence-corrected chi connectivity index (χ4v) is 2.28. The first-order valence-corrected chi connectivity index (χ1v) is 5.80. The van der Waals surface area contributed by atoms with Crippen molar-refractivity contribution < 1.29 is 19.6 Å². The molecule has 0 fully saturated rings. The van der Waals surface area contributed by atoms with E-state index in [0.29, 0.717) is 5.56 Å². The Labute approximate surface area is 114 Å². The highest BCUT2D eigenvalue weighted by molar-refractivity contribution is 6.07. The number of carbonyl (C=O) groups excluding carboxylic acids is 2. The van der Waals surface area contributed by atoms with Crippen molar-refractivity contribution in [1.82, 2.24) is 4.90 Å². The Balaban J connectivity index is 2.56. The van der Waals surface area contributed by atoms with E-state index in [1.54, 1.807) is 6.07 Å². The molecule has 1 aromatic rings. The van der Waals surface area contributed by atoms with Gasteiger partial charge in [-0.05, 0) is 12.5 Å². The predicted molar refractivity (Wildman–Crippen MR) is 68.9 cm³/mol. The highest BCUT2D eigenvalue weighted by atomic mass is 16.6. The summed E-state index contributed by atoms with van der Waals surface area (Å²) in [6, 6.07) is 4.84. The molecule has 2 rings (SSSR count). The molecular formula is C13H12N2O5. The van der Waals surface area contributed by atoms with Gasteiger partial charge in [0.25, 0.3) is 11.6 Å². The number of aliphatic hydroxyl groups is 1. The second-order valence-corrected chi connectivity index (χ2v) is 4.49. The van der Waals surface area contributed by atoms with Crippen LogP contribution in [0.4, 0.5) is 5.69 Å². The van der Waals surface area contributed by atoms with Gasteiger partial charge < -0.3 is 10.0 Å². The van der Waals surface area contributed by atoms with Crippen molar-refractivity contribution >= 4 is 17.4 Å². The number of hydrogen-bond acceptors (Lipinski definition) is 5. The molecule has 104 valence electrons. The summed E-state index contributed by atoms with van der Waals surface area (Å²) < 4.78 is 0. The number of non-ortho nitro benzene ring substituents is 1. The average molecular weight is 276 g/mol. The molecule has 0 bridgehead atoms. The zero-order chi connectivity index (χ0) is 15.0. The summed E-state index contributed by atoms with van der Waals surface area (Å²) in [6.45, 7) is 1.24. The molecule has 1 amide bonds. The van der Waals surface area contributed by atoms with Gasteiger partial charge in [-0.25, -0.2) is 0 Å². The molecule has 7 heteroatoms. The first kappa shape index (κ1) is 13.7.